The molecule has 1 aromatic carbocycles. The molecular weight excluding hydrogens is 304 g/mol. The van der Waals surface area contributed by atoms with Gasteiger partial charge in [-0.3, -0.25) is 0 Å². The molecule has 2 N–H and O–H groups in total. The summed E-state index contributed by atoms with van der Waals surface area (Å²) < 4.78 is 5.28. The van der Waals surface area contributed by atoms with E-state index in [4.69, 9.17) is 10.3 Å². The van der Waals surface area contributed by atoms with Gasteiger partial charge in [0.05, 0.1) is 0 Å². The van der Waals surface area contributed by atoms with Crippen LogP contribution >= 0.6 is 23.1 Å². The van der Waals surface area contributed by atoms with E-state index in [1.807, 2.05) is 17.5 Å². The minimum Gasteiger partial charge on any atom is -0.332 e. The molecule has 0 unspecified atom stereocenters. The number of nitrogens with two attached hydrogens (primary N) is 1. The van der Waals surface area contributed by atoms with Crippen LogP contribution in [0.2, 0.25) is 0 Å². The quantitative estimate of drug-likeness (QED) is 0.726. The number of benzene rings is 1. The van der Waals surface area contributed by atoms with Gasteiger partial charge in [-0.25, -0.2) is 4.98 Å². The van der Waals surface area contributed by atoms with Crippen LogP contribution in [0.3, 0.4) is 0 Å². The van der Waals surface area contributed by atoms with Gasteiger partial charge < -0.3 is 10.3 Å². The van der Waals surface area contributed by atoms with E-state index >= 15 is 0 Å². The molecule has 5 nitrogen and oxygen atoms in total. The molecule has 0 aliphatic heterocycles. The molecule has 108 valence electrons. The maximum absolute atomic E-state index is 5.56. The first-order chi connectivity index (χ1) is 10.3. The lowest BCUT2D eigenvalue weighted by atomic mass is 10.2. The number of thioether (sulfide) groups is 1. The molecule has 0 spiro atoms. The van der Waals surface area contributed by atoms with Gasteiger partial charge in [0.15, 0.2) is 0 Å². The van der Waals surface area contributed by atoms with Crippen molar-refractivity contribution in [2.24, 2.45) is 5.73 Å². The average Bonchev–Trinajstić information content (AvgIpc) is 3.17. The molecule has 0 fully saturated rings. The molecule has 3 aromatic rings. The molecule has 2 heterocycles. The second-order valence-corrected chi connectivity index (χ2v) is 6.49. The maximum atomic E-state index is 5.56. The summed E-state index contributed by atoms with van der Waals surface area (Å²) in [7, 11) is 0. The monoisotopic (exact) mass is 318 g/mol. The molecule has 0 bridgehead atoms. The zero-order chi connectivity index (χ0) is 14.7. The Kier molecular flexibility index (Phi) is 4.33. The van der Waals surface area contributed by atoms with Crippen LogP contribution in [0.5, 0.6) is 0 Å². The predicted octanol–water partition coefficient (Wildman–Crippen LogP) is 3.43. The van der Waals surface area contributed by atoms with Crippen LogP contribution in [0.4, 0.5) is 0 Å². The van der Waals surface area contributed by atoms with Crippen molar-refractivity contribution < 1.29 is 4.52 Å². The Morgan fingerprint density at radius 3 is 2.71 bits per heavy atom. The van der Waals surface area contributed by atoms with E-state index in [2.05, 4.69) is 34.2 Å². The van der Waals surface area contributed by atoms with Gasteiger partial charge in [0.2, 0.25) is 5.82 Å². The Bertz CT molecular complexity index is 721. The lowest BCUT2D eigenvalue weighted by Crippen LogP contribution is -1.94. The lowest BCUT2D eigenvalue weighted by Gasteiger charge is -1.98. The molecule has 0 aliphatic carbocycles. The molecule has 0 saturated heterocycles. The van der Waals surface area contributed by atoms with Gasteiger partial charge >= 0.3 is 0 Å². The van der Waals surface area contributed by atoms with Crippen LogP contribution in [0.1, 0.15) is 11.9 Å². The van der Waals surface area contributed by atoms with E-state index in [0.717, 1.165) is 16.3 Å². The molecule has 0 saturated carbocycles. The van der Waals surface area contributed by atoms with Crippen molar-refractivity contribution in [2.45, 2.75) is 18.4 Å². The Morgan fingerprint density at radius 1 is 1.24 bits per heavy atom. The highest BCUT2D eigenvalue weighted by molar-refractivity contribution is 7.99. The van der Waals surface area contributed by atoms with Crippen LogP contribution < -0.4 is 5.73 Å². The second kappa shape index (κ2) is 6.38. The molecule has 2 aromatic heterocycles. The van der Waals surface area contributed by atoms with E-state index < -0.39 is 0 Å². The fraction of sp³-hybridized carbons (Fsp3) is 0.214. The van der Waals surface area contributed by atoms with E-state index in [1.165, 1.54) is 16.2 Å². The van der Waals surface area contributed by atoms with Crippen molar-refractivity contribution in [3.8, 4) is 23.0 Å². The van der Waals surface area contributed by atoms with Crippen molar-refractivity contribution in [1.82, 2.24) is 15.1 Å². The molecule has 3 rings (SSSR count). The van der Waals surface area contributed by atoms with Crippen molar-refractivity contribution in [3.63, 3.8) is 0 Å². The number of hydrogen-bond acceptors (Lipinski definition) is 7. The van der Waals surface area contributed by atoms with Crippen molar-refractivity contribution in [1.29, 1.82) is 0 Å². The van der Waals surface area contributed by atoms with Crippen molar-refractivity contribution >= 4 is 23.1 Å². The highest BCUT2D eigenvalue weighted by Crippen LogP contribution is 2.25. The van der Waals surface area contributed by atoms with Gasteiger partial charge in [-0.2, -0.15) is 4.98 Å². The second-order valence-electron chi connectivity index (χ2n) is 4.21. The topological polar surface area (TPSA) is 77.8 Å². The summed E-state index contributed by atoms with van der Waals surface area (Å²) in [5.41, 5.74) is 7.16. The summed E-state index contributed by atoms with van der Waals surface area (Å²) in [5.74, 6) is 2.05. The van der Waals surface area contributed by atoms with Crippen LogP contribution in [-0.4, -0.2) is 20.9 Å². The van der Waals surface area contributed by atoms with E-state index in [0.29, 0.717) is 24.0 Å². The van der Waals surface area contributed by atoms with Gasteiger partial charge in [0, 0.05) is 22.4 Å². The van der Waals surface area contributed by atoms with Gasteiger partial charge in [-0.15, -0.1) is 23.1 Å². The normalized spacial score (nSPS) is 11.0. The van der Waals surface area contributed by atoms with Crippen molar-refractivity contribution in [3.05, 3.63) is 34.7 Å². The Morgan fingerprint density at radius 2 is 2.05 bits per heavy atom. The summed E-state index contributed by atoms with van der Waals surface area (Å²) in [6.45, 7) is 2.55. The van der Waals surface area contributed by atoms with Gasteiger partial charge in [-0.05, 0) is 30.0 Å². The number of aromatic nitrogens is 3. The predicted molar refractivity (Wildman–Crippen MR) is 85.1 cm³/mol. The number of rotatable bonds is 5. The van der Waals surface area contributed by atoms with Crippen molar-refractivity contribution in [2.75, 3.05) is 5.75 Å². The molecule has 0 atom stereocenters. The highest BCUT2D eigenvalue weighted by atomic mass is 32.2. The zero-order valence-corrected chi connectivity index (χ0v) is 13.1. The van der Waals surface area contributed by atoms with Crippen LogP contribution in [0.25, 0.3) is 23.0 Å². The first-order valence-corrected chi connectivity index (χ1v) is 8.38. The third kappa shape index (κ3) is 3.15. The van der Waals surface area contributed by atoms with Crippen LogP contribution in [-0.2, 0) is 6.54 Å². The summed E-state index contributed by atoms with van der Waals surface area (Å²) in [6, 6.07) is 8.13. The SMILES string of the molecule is CCSc1ccc(-c2noc(-c3csc(CN)n3)n2)cc1. The van der Waals surface area contributed by atoms with E-state index in [1.54, 1.807) is 11.8 Å². The molecule has 7 heteroatoms. The van der Waals surface area contributed by atoms with Crippen LogP contribution in [0.15, 0.2) is 39.1 Å². The third-order valence-corrected chi connectivity index (χ3v) is 4.56. The molecule has 0 aliphatic rings. The summed E-state index contributed by atoms with van der Waals surface area (Å²) >= 11 is 3.29. The smallest absolute Gasteiger partial charge is 0.277 e. The fourth-order valence-corrected chi connectivity index (χ4v) is 3.12. The van der Waals surface area contributed by atoms with Crippen LogP contribution in [0, 0.1) is 0 Å². The Balaban J connectivity index is 1.83. The minimum atomic E-state index is 0.419. The Labute approximate surface area is 130 Å². The summed E-state index contributed by atoms with van der Waals surface area (Å²) in [4.78, 5) is 9.96. The lowest BCUT2D eigenvalue weighted by molar-refractivity contribution is 0.431. The first-order valence-electron chi connectivity index (χ1n) is 6.52. The third-order valence-electron chi connectivity index (χ3n) is 2.80. The van der Waals surface area contributed by atoms with Gasteiger partial charge in [0.25, 0.3) is 5.89 Å². The fourth-order valence-electron chi connectivity index (χ4n) is 1.81. The molecule has 21 heavy (non-hydrogen) atoms. The maximum Gasteiger partial charge on any atom is 0.277 e. The average molecular weight is 318 g/mol. The minimum absolute atomic E-state index is 0.419. The van der Waals surface area contributed by atoms with Gasteiger partial charge in [-0.1, -0.05) is 12.1 Å². The Hall–Kier alpha value is -1.70. The standard InChI is InChI=1S/C14H14N4OS2/c1-2-20-10-5-3-9(4-6-10)13-17-14(19-18-13)11-8-21-12(7-15)16-11/h3-6,8H,2,7,15H2,1H3. The molecular formula is C14H14N4OS2. The van der Waals surface area contributed by atoms with Gasteiger partial charge in [0.1, 0.15) is 10.7 Å². The molecule has 0 radical (unpaired) electrons. The molecule has 0 amide bonds. The number of hydrogen-bond donors (Lipinski definition) is 1. The van der Waals surface area contributed by atoms with E-state index in [-0.39, 0.29) is 0 Å². The summed E-state index contributed by atoms with van der Waals surface area (Å²) in [6.07, 6.45) is 0. The highest BCUT2D eigenvalue weighted by Gasteiger charge is 2.13. The van der Waals surface area contributed by atoms with E-state index in [9.17, 15) is 0 Å². The largest absolute Gasteiger partial charge is 0.332 e. The summed E-state index contributed by atoms with van der Waals surface area (Å²) in [5, 5.41) is 6.74. The zero-order valence-electron chi connectivity index (χ0n) is 11.4. The number of thiazole rings is 1. The number of nitrogens with zero attached hydrogens (tertiary/aromatic N) is 3. The first kappa shape index (κ1) is 14.2.